The molecule has 1 N–H and O–H groups in total. The van der Waals surface area contributed by atoms with E-state index in [1.54, 1.807) is 0 Å². The molecule has 0 radical (unpaired) electrons. The zero-order chi connectivity index (χ0) is 15.4. The van der Waals surface area contributed by atoms with Crippen LogP contribution in [-0.2, 0) is 10.1 Å². The van der Waals surface area contributed by atoms with E-state index < -0.39 is 32.1 Å². The highest BCUT2D eigenvalue weighted by Crippen LogP contribution is 2.35. The summed E-state index contributed by atoms with van der Waals surface area (Å²) in [4.78, 5) is 24.0. The Kier molecular flexibility index (Phi) is 2.72. The lowest BCUT2D eigenvalue weighted by Gasteiger charge is -2.21. The van der Waals surface area contributed by atoms with Crippen LogP contribution < -0.4 is 0 Å². The van der Waals surface area contributed by atoms with Crippen LogP contribution in [0.15, 0.2) is 41.3 Å². The monoisotopic (exact) mass is 303 g/mol. The first-order valence-electron chi connectivity index (χ1n) is 5.82. The van der Waals surface area contributed by atoms with Gasteiger partial charge in [0.25, 0.3) is 0 Å². The SMILES string of the molecule is O=C1c2cccc(S(=O)(=O)[O-])c2C(=O)c2cccc(O)c21. The summed E-state index contributed by atoms with van der Waals surface area (Å²) in [6.07, 6.45) is 0. The standard InChI is InChI=1S/C14H8O6S/c15-9-5-1-3-7-11(9)13(16)8-4-2-6-10(21(18,19)20)12(8)14(7)17/h1-6,15H,(H,18,19,20)/p-1. The van der Waals surface area contributed by atoms with E-state index in [9.17, 15) is 27.7 Å². The Balaban J connectivity index is 2.42. The zero-order valence-corrected chi connectivity index (χ0v) is 11.2. The lowest BCUT2D eigenvalue weighted by molar-refractivity contribution is 0.0974. The van der Waals surface area contributed by atoms with Crippen molar-refractivity contribution in [3.8, 4) is 5.75 Å². The molecule has 0 heterocycles. The Hall–Kier alpha value is -2.51. The summed E-state index contributed by atoms with van der Waals surface area (Å²) in [6.45, 7) is 0. The zero-order valence-electron chi connectivity index (χ0n) is 10.4. The third kappa shape index (κ3) is 1.86. The summed E-state index contributed by atoms with van der Waals surface area (Å²) in [7, 11) is -4.90. The normalized spacial score (nSPS) is 13.8. The van der Waals surface area contributed by atoms with Crippen molar-refractivity contribution in [2.75, 3.05) is 0 Å². The lowest BCUT2D eigenvalue weighted by atomic mass is 9.83. The molecule has 106 valence electrons. The van der Waals surface area contributed by atoms with Crippen LogP contribution in [0.4, 0.5) is 0 Å². The van der Waals surface area contributed by atoms with Crippen LogP contribution in [-0.4, -0.2) is 29.6 Å². The highest BCUT2D eigenvalue weighted by atomic mass is 32.2. The topological polar surface area (TPSA) is 112 Å². The van der Waals surface area contributed by atoms with E-state index in [0.29, 0.717) is 0 Å². The Morgan fingerprint density at radius 3 is 2.00 bits per heavy atom. The maximum Gasteiger partial charge on any atom is 0.198 e. The summed E-state index contributed by atoms with van der Waals surface area (Å²) in [5.74, 6) is -1.83. The number of rotatable bonds is 1. The van der Waals surface area contributed by atoms with Crippen molar-refractivity contribution in [1.82, 2.24) is 0 Å². The largest absolute Gasteiger partial charge is 0.744 e. The van der Waals surface area contributed by atoms with Crippen molar-refractivity contribution in [2.45, 2.75) is 4.90 Å². The van der Waals surface area contributed by atoms with Crippen LogP contribution in [0.3, 0.4) is 0 Å². The number of carbonyl (C=O) groups is 2. The number of benzene rings is 2. The molecule has 7 heteroatoms. The molecule has 0 bridgehead atoms. The maximum atomic E-state index is 12.4. The van der Waals surface area contributed by atoms with E-state index >= 15 is 0 Å². The molecule has 0 amide bonds. The molecule has 1 aliphatic rings. The number of phenols is 1. The van der Waals surface area contributed by atoms with Crippen LogP contribution in [0.2, 0.25) is 0 Å². The van der Waals surface area contributed by atoms with E-state index in [-0.39, 0.29) is 22.4 Å². The van der Waals surface area contributed by atoms with Gasteiger partial charge in [0.1, 0.15) is 15.9 Å². The van der Waals surface area contributed by atoms with Gasteiger partial charge >= 0.3 is 0 Å². The smallest absolute Gasteiger partial charge is 0.198 e. The summed E-state index contributed by atoms with van der Waals surface area (Å²) in [5.41, 5.74) is -0.944. The number of hydrogen-bond donors (Lipinski definition) is 1. The van der Waals surface area contributed by atoms with Gasteiger partial charge in [-0.1, -0.05) is 24.3 Å². The minimum atomic E-state index is -4.90. The number of phenolic OH excluding ortho intramolecular Hbond substituents is 1. The molecule has 2 aromatic carbocycles. The van der Waals surface area contributed by atoms with Crippen LogP contribution in [0.25, 0.3) is 0 Å². The molecule has 0 aliphatic heterocycles. The van der Waals surface area contributed by atoms with Gasteiger partial charge in [-0.25, -0.2) is 8.42 Å². The number of ketones is 2. The highest BCUT2D eigenvalue weighted by Gasteiger charge is 2.34. The van der Waals surface area contributed by atoms with Gasteiger partial charge in [-0.3, -0.25) is 9.59 Å². The Labute approximate surface area is 119 Å². The predicted octanol–water partition coefficient (Wildman–Crippen LogP) is 1.07. The molecule has 0 fully saturated rings. The Bertz CT molecular complexity index is 911. The minimum absolute atomic E-state index is 0.122. The molecule has 0 saturated carbocycles. The molecule has 21 heavy (non-hydrogen) atoms. The quantitative estimate of drug-likeness (QED) is 0.673. The van der Waals surface area contributed by atoms with Gasteiger partial charge in [-0.05, 0) is 12.1 Å². The summed E-state index contributed by atoms with van der Waals surface area (Å²) < 4.78 is 33.8. The van der Waals surface area contributed by atoms with Crippen LogP contribution in [0, 0.1) is 0 Å². The van der Waals surface area contributed by atoms with Crippen molar-refractivity contribution in [3.63, 3.8) is 0 Å². The second-order valence-corrected chi connectivity index (χ2v) is 5.84. The average Bonchev–Trinajstić information content (AvgIpc) is 2.43. The summed E-state index contributed by atoms with van der Waals surface area (Å²) in [5, 5.41) is 9.75. The molecular weight excluding hydrogens is 296 g/mol. The first-order chi connectivity index (χ1) is 9.82. The molecule has 0 unspecified atom stereocenters. The van der Waals surface area contributed by atoms with E-state index in [0.717, 1.165) is 6.07 Å². The van der Waals surface area contributed by atoms with Gasteiger partial charge in [-0.15, -0.1) is 0 Å². The van der Waals surface area contributed by atoms with E-state index in [2.05, 4.69) is 0 Å². The Morgan fingerprint density at radius 1 is 0.857 bits per heavy atom. The fraction of sp³-hybridized carbons (Fsp3) is 0. The van der Waals surface area contributed by atoms with Crippen molar-refractivity contribution < 1.29 is 27.7 Å². The summed E-state index contributed by atoms with van der Waals surface area (Å²) >= 11 is 0. The fourth-order valence-electron chi connectivity index (χ4n) is 2.40. The van der Waals surface area contributed by atoms with Gasteiger partial charge in [-0.2, -0.15) is 0 Å². The van der Waals surface area contributed by atoms with Gasteiger partial charge in [0, 0.05) is 11.1 Å². The fourth-order valence-corrected chi connectivity index (χ4v) is 3.10. The molecule has 0 atom stereocenters. The van der Waals surface area contributed by atoms with E-state index in [1.165, 1.54) is 30.3 Å². The molecule has 0 spiro atoms. The van der Waals surface area contributed by atoms with Crippen molar-refractivity contribution in [1.29, 1.82) is 0 Å². The third-order valence-corrected chi connectivity index (χ3v) is 4.16. The molecule has 0 aromatic heterocycles. The molecule has 0 saturated heterocycles. The van der Waals surface area contributed by atoms with Gasteiger partial charge in [0.2, 0.25) is 0 Å². The lowest BCUT2D eigenvalue weighted by Crippen LogP contribution is -2.23. The second kappa shape index (κ2) is 4.24. The van der Waals surface area contributed by atoms with Crippen molar-refractivity contribution in [3.05, 3.63) is 58.7 Å². The average molecular weight is 303 g/mol. The third-order valence-electron chi connectivity index (χ3n) is 3.28. The molecule has 2 aromatic rings. The predicted molar refractivity (Wildman–Crippen MR) is 69.4 cm³/mol. The second-order valence-electron chi connectivity index (χ2n) is 4.49. The van der Waals surface area contributed by atoms with Gasteiger partial charge < -0.3 is 9.66 Å². The Morgan fingerprint density at radius 2 is 1.38 bits per heavy atom. The number of aromatic hydroxyl groups is 1. The van der Waals surface area contributed by atoms with Crippen LogP contribution in [0.5, 0.6) is 5.75 Å². The van der Waals surface area contributed by atoms with Crippen molar-refractivity contribution >= 4 is 21.7 Å². The number of carbonyl (C=O) groups excluding carboxylic acids is 2. The first-order valence-corrected chi connectivity index (χ1v) is 7.23. The molecule has 6 nitrogen and oxygen atoms in total. The molecule has 3 rings (SSSR count). The van der Waals surface area contributed by atoms with Gasteiger partial charge in [0.15, 0.2) is 11.6 Å². The molecule has 1 aliphatic carbocycles. The number of fused-ring (bicyclic) bond motifs is 2. The van der Waals surface area contributed by atoms with Gasteiger partial charge in [0.05, 0.1) is 16.0 Å². The van der Waals surface area contributed by atoms with Crippen molar-refractivity contribution in [2.24, 2.45) is 0 Å². The first kappa shape index (κ1) is 13.5. The minimum Gasteiger partial charge on any atom is -0.744 e. The molecular formula is C14H7O6S-. The summed E-state index contributed by atoms with van der Waals surface area (Å²) in [6, 6.07) is 7.35. The van der Waals surface area contributed by atoms with Crippen LogP contribution >= 0.6 is 0 Å². The van der Waals surface area contributed by atoms with Crippen LogP contribution in [0.1, 0.15) is 31.8 Å². The maximum absolute atomic E-state index is 12.4. The van der Waals surface area contributed by atoms with E-state index in [1.807, 2.05) is 0 Å². The number of hydrogen-bond acceptors (Lipinski definition) is 6. The highest BCUT2D eigenvalue weighted by molar-refractivity contribution is 7.85. The van der Waals surface area contributed by atoms with E-state index in [4.69, 9.17) is 0 Å².